The Balaban J connectivity index is 1.72. The van der Waals surface area contributed by atoms with Gasteiger partial charge in [0.2, 0.25) is 0 Å². The quantitative estimate of drug-likeness (QED) is 0.301. The third kappa shape index (κ3) is 6.21. The van der Waals surface area contributed by atoms with Crippen LogP contribution >= 0.6 is 27.5 Å². The van der Waals surface area contributed by atoms with E-state index in [1.807, 2.05) is 62.4 Å². The minimum Gasteiger partial charge on any atom is -0.488 e. The molecule has 0 fully saturated rings. The zero-order valence-corrected chi connectivity index (χ0v) is 19.4. The molecule has 6 heteroatoms. The lowest BCUT2D eigenvalue weighted by Crippen LogP contribution is -2.14. The molecular weight excluding hydrogens is 476 g/mol. The maximum atomic E-state index is 12.6. The van der Waals surface area contributed by atoms with Gasteiger partial charge in [-0.3, -0.25) is 4.79 Å². The Bertz CT molecular complexity index is 1180. The van der Waals surface area contributed by atoms with E-state index in [-0.39, 0.29) is 5.57 Å². The average molecular weight is 496 g/mol. The van der Waals surface area contributed by atoms with Gasteiger partial charge in [0.25, 0.3) is 5.91 Å². The van der Waals surface area contributed by atoms with Crippen LogP contribution in [0.5, 0.6) is 5.75 Å². The molecule has 3 aromatic rings. The van der Waals surface area contributed by atoms with E-state index in [4.69, 9.17) is 16.3 Å². The second-order valence-corrected chi connectivity index (χ2v) is 8.34. The molecule has 0 heterocycles. The van der Waals surface area contributed by atoms with Gasteiger partial charge in [-0.2, -0.15) is 5.26 Å². The molecule has 0 aliphatic carbocycles. The number of rotatable bonds is 6. The van der Waals surface area contributed by atoms with Crippen LogP contribution in [-0.4, -0.2) is 5.91 Å². The third-order valence-electron chi connectivity index (χ3n) is 4.58. The highest BCUT2D eigenvalue weighted by atomic mass is 79.9. The van der Waals surface area contributed by atoms with Crippen molar-refractivity contribution >= 4 is 45.2 Å². The van der Waals surface area contributed by atoms with Crippen LogP contribution in [0, 0.1) is 25.2 Å². The molecule has 0 aliphatic heterocycles. The number of ether oxygens (including phenoxy) is 1. The van der Waals surface area contributed by atoms with E-state index in [1.54, 1.807) is 24.3 Å². The van der Waals surface area contributed by atoms with Crippen LogP contribution in [0.2, 0.25) is 5.02 Å². The molecule has 3 rings (SSSR count). The lowest BCUT2D eigenvalue weighted by atomic mass is 10.1. The summed E-state index contributed by atoms with van der Waals surface area (Å²) >= 11 is 9.40. The summed E-state index contributed by atoms with van der Waals surface area (Å²) in [6.07, 6.45) is 1.55. The molecule has 31 heavy (non-hydrogen) atoms. The fourth-order valence-electron chi connectivity index (χ4n) is 2.84. The molecule has 0 atom stereocenters. The van der Waals surface area contributed by atoms with Gasteiger partial charge in [0, 0.05) is 10.7 Å². The summed E-state index contributed by atoms with van der Waals surface area (Å²) in [5.41, 5.74) is 4.37. The van der Waals surface area contributed by atoms with Crippen molar-refractivity contribution in [2.45, 2.75) is 20.5 Å². The summed E-state index contributed by atoms with van der Waals surface area (Å²) in [6.45, 7) is 4.25. The third-order valence-corrected chi connectivity index (χ3v) is 5.45. The van der Waals surface area contributed by atoms with Gasteiger partial charge in [0.1, 0.15) is 24.0 Å². The molecule has 0 saturated carbocycles. The first-order valence-electron chi connectivity index (χ1n) is 9.53. The fourth-order valence-corrected chi connectivity index (χ4v) is 3.48. The number of halogens is 2. The average Bonchev–Trinajstić information content (AvgIpc) is 2.75. The van der Waals surface area contributed by atoms with E-state index in [0.717, 1.165) is 21.2 Å². The molecule has 1 amide bonds. The van der Waals surface area contributed by atoms with Crippen LogP contribution in [0.1, 0.15) is 22.3 Å². The molecule has 0 radical (unpaired) electrons. The Hall–Kier alpha value is -3.07. The fraction of sp³-hybridized carbons (Fsp3) is 0.120. The van der Waals surface area contributed by atoms with Crippen molar-refractivity contribution in [3.05, 3.63) is 98.0 Å². The van der Waals surface area contributed by atoms with E-state index < -0.39 is 5.91 Å². The van der Waals surface area contributed by atoms with Crippen LogP contribution < -0.4 is 10.1 Å². The number of hydrogen-bond acceptors (Lipinski definition) is 3. The maximum Gasteiger partial charge on any atom is 0.266 e. The van der Waals surface area contributed by atoms with Crippen molar-refractivity contribution in [1.29, 1.82) is 5.26 Å². The van der Waals surface area contributed by atoms with Crippen LogP contribution in [0.15, 0.2) is 70.7 Å². The number of carbonyl (C=O) groups is 1. The van der Waals surface area contributed by atoms with Gasteiger partial charge in [-0.15, -0.1) is 0 Å². The first kappa shape index (κ1) is 22.6. The number of hydrogen-bond donors (Lipinski definition) is 1. The molecule has 0 bridgehead atoms. The summed E-state index contributed by atoms with van der Waals surface area (Å²) < 4.78 is 6.57. The number of nitriles is 1. The second-order valence-electron chi connectivity index (χ2n) is 7.05. The van der Waals surface area contributed by atoms with Gasteiger partial charge < -0.3 is 10.1 Å². The second kappa shape index (κ2) is 10.3. The number of nitrogens with zero attached hydrogens (tertiary/aromatic N) is 1. The molecule has 0 aliphatic rings. The Morgan fingerprint density at radius 2 is 1.87 bits per heavy atom. The summed E-state index contributed by atoms with van der Waals surface area (Å²) in [4.78, 5) is 12.6. The van der Waals surface area contributed by atoms with E-state index >= 15 is 0 Å². The van der Waals surface area contributed by atoms with E-state index in [0.29, 0.717) is 28.6 Å². The first-order chi connectivity index (χ1) is 14.9. The predicted octanol–water partition coefficient (Wildman–Crippen LogP) is 6.84. The molecule has 1 N–H and O–H groups in total. The van der Waals surface area contributed by atoms with Crippen LogP contribution in [-0.2, 0) is 11.4 Å². The Kier molecular flexibility index (Phi) is 7.51. The highest BCUT2D eigenvalue weighted by molar-refractivity contribution is 9.10. The van der Waals surface area contributed by atoms with Crippen molar-refractivity contribution in [3.63, 3.8) is 0 Å². The maximum absolute atomic E-state index is 12.6. The van der Waals surface area contributed by atoms with Crippen LogP contribution in [0.3, 0.4) is 0 Å². The lowest BCUT2D eigenvalue weighted by Gasteiger charge is -2.10. The number of benzene rings is 3. The summed E-state index contributed by atoms with van der Waals surface area (Å²) in [5, 5.41) is 13.0. The Morgan fingerprint density at radius 3 is 2.55 bits per heavy atom. The van der Waals surface area contributed by atoms with E-state index in [1.165, 1.54) is 0 Å². The molecule has 4 nitrogen and oxygen atoms in total. The number of carbonyl (C=O) groups excluding carboxylic acids is 1. The van der Waals surface area contributed by atoms with Gasteiger partial charge >= 0.3 is 0 Å². The van der Waals surface area contributed by atoms with Crippen LogP contribution in [0.25, 0.3) is 6.08 Å². The SMILES string of the molecule is Cc1ccc(C)c(NC(=O)/C(C#N)=C/c2ccc(OCc3ccc(Cl)cc3)c(Br)c2)c1. The molecule has 0 spiro atoms. The van der Waals surface area contributed by atoms with Crippen molar-refractivity contribution in [2.75, 3.05) is 5.32 Å². The number of amides is 1. The Morgan fingerprint density at radius 1 is 1.13 bits per heavy atom. The highest BCUT2D eigenvalue weighted by Crippen LogP contribution is 2.28. The van der Waals surface area contributed by atoms with Crippen molar-refractivity contribution < 1.29 is 9.53 Å². The van der Waals surface area contributed by atoms with Gasteiger partial charge in [-0.1, -0.05) is 41.9 Å². The number of anilines is 1. The minimum atomic E-state index is -0.449. The van der Waals surface area contributed by atoms with Gasteiger partial charge in [0.15, 0.2) is 0 Å². The van der Waals surface area contributed by atoms with Crippen molar-refractivity contribution in [1.82, 2.24) is 0 Å². The minimum absolute atomic E-state index is 0.0163. The standard InChI is InChI=1S/C25H20BrClN2O2/c1-16-3-4-17(2)23(11-16)29-25(30)20(14-28)12-19-7-10-24(22(26)13-19)31-15-18-5-8-21(27)9-6-18/h3-13H,15H2,1-2H3,(H,29,30)/b20-12+. The van der Waals surface area contributed by atoms with E-state index in [9.17, 15) is 10.1 Å². The molecule has 0 saturated heterocycles. The molecule has 3 aromatic carbocycles. The van der Waals surface area contributed by atoms with Gasteiger partial charge in [-0.25, -0.2) is 0 Å². The largest absolute Gasteiger partial charge is 0.488 e. The summed E-state index contributed by atoms with van der Waals surface area (Å²) in [5.74, 6) is 0.209. The van der Waals surface area contributed by atoms with E-state index in [2.05, 4.69) is 21.2 Å². The van der Waals surface area contributed by atoms with Crippen LogP contribution in [0.4, 0.5) is 5.69 Å². The zero-order chi connectivity index (χ0) is 22.4. The lowest BCUT2D eigenvalue weighted by molar-refractivity contribution is -0.112. The van der Waals surface area contributed by atoms with Gasteiger partial charge in [-0.05, 0) is 88.4 Å². The number of aryl methyl sites for hydroxylation is 2. The summed E-state index contributed by atoms with van der Waals surface area (Å²) in [7, 11) is 0. The smallest absolute Gasteiger partial charge is 0.266 e. The molecule has 0 aromatic heterocycles. The van der Waals surface area contributed by atoms with Crippen molar-refractivity contribution in [2.24, 2.45) is 0 Å². The van der Waals surface area contributed by atoms with Gasteiger partial charge in [0.05, 0.1) is 4.47 Å². The highest BCUT2D eigenvalue weighted by Gasteiger charge is 2.12. The van der Waals surface area contributed by atoms with Crippen molar-refractivity contribution in [3.8, 4) is 11.8 Å². The molecule has 0 unspecified atom stereocenters. The summed E-state index contributed by atoms with van der Waals surface area (Å²) in [6, 6.07) is 20.6. The first-order valence-corrected chi connectivity index (χ1v) is 10.7. The molecular formula is C25H20BrClN2O2. The topological polar surface area (TPSA) is 62.1 Å². The predicted molar refractivity (Wildman–Crippen MR) is 128 cm³/mol. The number of nitrogens with one attached hydrogen (secondary N) is 1. The normalized spacial score (nSPS) is 11.0. The molecule has 156 valence electrons. The monoisotopic (exact) mass is 494 g/mol. The zero-order valence-electron chi connectivity index (χ0n) is 17.1. The Labute approximate surface area is 195 Å².